The Bertz CT molecular complexity index is 915. The van der Waals surface area contributed by atoms with E-state index in [-0.39, 0.29) is 0 Å². The van der Waals surface area contributed by atoms with E-state index in [1.807, 2.05) is 6.20 Å². The van der Waals surface area contributed by atoms with Crippen LogP contribution in [0.2, 0.25) is 0 Å². The molecule has 2 aliphatic rings. The molecule has 1 fully saturated rings. The number of nitrogens with one attached hydrogen (secondary N) is 1. The molecule has 0 spiro atoms. The van der Waals surface area contributed by atoms with Crippen molar-refractivity contribution in [1.82, 2.24) is 4.98 Å². The Hall–Kier alpha value is -2.35. The van der Waals surface area contributed by atoms with Crippen molar-refractivity contribution in [3.8, 4) is 0 Å². The van der Waals surface area contributed by atoms with Crippen LogP contribution in [0.4, 0.5) is 5.82 Å². The van der Waals surface area contributed by atoms with Gasteiger partial charge in [-0.25, -0.2) is 4.98 Å². The van der Waals surface area contributed by atoms with Crippen LogP contribution in [-0.2, 0) is 6.42 Å². The van der Waals surface area contributed by atoms with Crippen molar-refractivity contribution >= 4 is 16.6 Å². The second-order valence-electron chi connectivity index (χ2n) is 7.38. The van der Waals surface area contributed by atoms with Gasteiger partial charge in [-0.05, 0) is 66.7 Å². The fourth-order valence-electron chi connectivity index (χ4n) is 4.65. The lowest BCUT2D eigenvalue weighted by atomic mass is 9.60. The minimum absolute atomic E-state index is 0.557. The lowest BCUT2D eigenvalue weighted by Gasteiger charge is -2.49. The Kier molecular flexibility index (Phi) is 3.12. The van der Waals surface area contributed by atoms with Crippen LogP contribution in [0.1, 0.15) is 35.4 Å². The van der Waals surface area contributed by atoms with Crippen LogP contribution in [0.15, 0.2) is 54.7 Å². The van der Waals surface area contributed by atoms with Crippen LogP contribution < -0.4 is 5.32 Å². The first-order chi connectivity index (χ1) is 11.8. The van der Waals surface area contributed by atoms with E-state index in [4.69, 9.17) is 0 Å². The van der Waals surface area contributed by atoms with E-state index in [9.17, 15) is 0 Å². The van der Waals surface area contributed by atoms with Crippen molar-refractivity contribution in [3.05, 3.63) is 71.4 Å². The van der Waals surface area contributed by atoms with Gasteiger partial charge in [0, 0.05) is 17.6 Å². The van der Waals surface area contributed by atoms with E-state index in [0.29, 0.717) is 6.04 Å². The van der Waals surface area contributed by atoms with Gasteiger partial charge in [0.05, 0.1) is 0 Å². The highest BCUT2D eigenvalue weighted by atomic mass is 15.0. The Labute approximate surface area is 142 Å². The summed E-state index contributed by atoms with van der Waals surface area (Å²) in [6, 6.07) is 18.3. The molecule has 0 saturated heterocycles. The monoisotopic (exact) mass is 314 g/mol. The maximum absolute atomic E-state index is 4.64. The third-order valence-electron chi connectivity index (χ3n) is 5.99. The van der Waals surface area contributed by atoms with E-state index in [1.165, 1.54) is 35.6 Å². The highest BCUT2D eigenvalue weighted by Gasteiger charge is 2.44. The van der Waals surface area contributed by atoms with Gasteiger partial charge in [-0.1, -0.05) is 42.0 Å². The van der Waals surface area contributed by atoms with Gasteiger partial charge >= 0.3 is 0 Å². The summed E-state index contributed by atoms with van der Waals surface area (Å²) >= 11 is 0. The summed E-state index contributed by atoms with van der Waals surface area (Å²) in [5.41, 5.74) is 4.45. The van der Waals surface area contributed by atoms with Crippen molar-refractivity contribution in [2.24, 2.45) is 5.92 Å². The second-order valence-corrected chi connectivity index (χ2v) is 7.38. The quantitative estimate of drug-likeness (QED) is 0.714. The van der Waals surface area contributed by atoms with Crippen LogP contribution in [0.5, 0.6) is 0 Å². The zero-order valence-corrected chi connectivity index (χ0v) is 14.0. The van der Waals surface area contributed by atoms with Gasteiger partial charge in [-0.3, -0.25) is 0 Å². The van der Waals surface area contributed by atoms with Crippen LogP contribution in [0, 0.1) is 12.8 Å². The third-order valence-corrected chi connectivity index (χ3v) is 5.99. The van der Waals surface area contributed by atoms with Gasteiger partial charge in [-0.15, -0.1) is 0 Å². The Balaban J connectivity index is 1.42. The second kappa shape index (κ2) is 5.34. The Morgan fingerprint density at radius 3 is 2.96 bits per heavy atom. The van der Waals surface area contributed by atoms with Crippen molar-refractivity contribution < 1.29 is 0 Å². The van der Waals surface area contributed by atoms with Crippen molar-refractivity contribution in [2.45, 2.75) is 38.1 Å². The minimum atomic E-state index is 0.557. The number of pyridine rings is 1. The number of hydrogen-bond donors (Lipinski definition) is 1. The predicted octanol–water partition coefficient (Wildman–Crippen LogP) is 5.07. The van der Waals surface area contributed by atoms with E-state index >= 15 is 0 Å². The van der Waals surface area contributed by atoms with Crippen LogP contribution in [-0.4, -0.2) is 11.0 Å². The summed E-state index contributed by atoms with van der Waals surface area (Å²) < 4.78 is 0. The molecule has 1 aromatic heterocycles. The zero-order valence-electron chi connectivity index (χ0n) is 14.0. The van der Waals surface area contributed by atoms with E-state index in [2.05, 4.69) is 65.8 Å². The molecule has 2 nitrogen and oxygen atoms in total. The molecule has 3 atom stereocenters. The highest BCUT2D eigenvalue weighted by molar-refractivity contribution is 5.92. The normalized spacial score (nSPS) is 24.8. The summed E-state index contributed by atoms with van der Waals surface area (Å²) in [4.78, 5) is 4.64. The Morgan fingerprint density at radius 2 is 2.00 bits per heavy atom. The van der Waals surface area contributed by atoms with Gasteiger partial charge in [-0.2, -0.15) is 0 Å². The van der Waals surface area contributed by atoms with Crippen molar-refractivity contribution in [3.63, 3.8) is 0 Å². The van der Waals surface area contributed by atoms with E-state index in [1.54, 1.807) is 11.1 Å². The molecule has 1 N–H and O–H groups in total. The first kappa shape index (κ1) is 14.0. The molecule has 3 aromatic rings. The van der Waals surface area contributed by atoms with Crippen LogP contribution in [0.25, 0.3) is 10.8 Å². The predicted molar refractivity (Wildman–Crippen MR) is 99.5 cm³/mol. The average Bonchev–Trinajstić information content (AvgIpc) is 2.59. The number of aromatic nitrogens is 1. The standard InChI is InChI=1S/C22H22N2/c1-14-6-7-16-10-11-23-22(19(16)12-14)24-21-13-20-17-5-3-2-4-15(17)8-9-18(20)21/h2-7,10-12,18,20-21H,8-9,13H2,1H3,(H,23,24). The van der Waals surface area contributed by atoms with Gasteiger partial charge in [0.15, 0.2) is 0 Å². The molecule has 3 unspecified atom stereocenters. The van der Waals surface area contributed by atoms with Crippen LogP contribution >= 0.6 is 0 Å². The number of hydrogen-bond acceptors (Lipinski definition) is 2. The molecule has 2 heteroatoms. The van der Waals surface area contributed by atoms with Gasteiger partial charge in [0.2, 0.25) is 0 Å². The molecule has 5 rings (SSSR count). The summed E-state index contributed by atoms with van der Waals surface area (Å²) in [5.74, 6) is 2.55. The molecule has 120 valence electrons. The fourth-order valence-corrected chi connectivity index (χ4v) is 4.65. The average molecular weight is 314 g/mol. The molecule has 0 bridgehead atoms. The fraction of sp³-hybridized carbons (Fsp3) is 0.318. The zero-order chi connectivity index (χ0) is 16.1. The number of fused-ring (bicyclic) bond motifs is 4. The molecular formula is C22H22N2. The van der Waals surface area contributed by atoms with Crippen LogP contribution in [0.3, 0.4) is 0 Å². The molecule has 2 aliphatic carbocycles. The lowest BCUT2D eigenvalue weighted by Crippen LogP contribution is -2.47. The molecule has 24 heavy (non-hydrogen) atoms. The topological polar surface area (TPSA) is 24.9 Å². The lowest BCUT2D eigenvalue weighted by molar-refractivity contribution is 0.194. The molecule has 2 aromatic carbocycles. The number of benzene rings is 2. The van der Waals surface area contributed by atoms with Gasteiger partial charge in [0.1, 0.15) is 5.82 Å². The maximum atomic E-state index is 4.64. The SMILES string of the molecule is Cc1ccc2ccnc(NC3CC4c5ccccc5CCC34)c2c1. The largest absolute Gasteiger partial charge is 0.367 e. The molecular weight excluding hydrogens is 292 g/mol. The first-order valence-corrected chi connectivity index (χ1v) is 8.99. The number of rotatable bonds is 2. The van der Waals surface area contributed by atoms with Crippen molar-refractivity contribution in [1.29, 1.82) is 0 Å². The van der Waals surface area contributed by atoms with Crippen molar-refractivity contribution in [2.75, 3.05) is 5.32 Å². The van der Waals surface area contributed by atoms with Gasteiger partial charge < -0.3 is 5.32 Å². The number of anilines is 1. The third kappa shape index (κ3) is 2.13. The minimum Gasteiger partial charge on any atom is -0.367 e. The molecule has 0 radical (unpaired) electrons. The maximum Gasteiger partial charge on any atom is 0.134 e. The van der Waals surface area contributed by atoms with E-state index < -0.39 is 0 Å². The molecule has 0 aliphatic heterocycles. The first-order valence-electron chi connectivity index (χ1n) is 8.99. The summed E-state index contributed by atoms with van der Waals surface area (Å²) in [7, 11) is 0. The highest BCUT2D eigenvalue weighted by Crippen LogP contribution is 2.50. The molecule has 1 heterocycles. The van der Waals surface area contributed by atoms with E-state index in [0.717, 1.165) is 17.7 Å². The Morgan fingerprint density at radius 1 is 1.08 bits per heavy atom. The van der Waals surface area contributed by atoms with Gasteiger partial charge in [0.25, 0.3) is 0 Å². The molecule has 0 amide bonds. The number of nitrogens with zero attached hydrogens (tertiary/aromatic N) is 1. The summed E-state index contributed by atoms with van der Waals surface area (Å²) in [6.45, 7) is 2.15. The molecule has 1 saturated carbocycles. The number of aryl methyl sites for hydroxylation is 2. The summed E-state index contributed by atoms with van der Waals surface area (Å²) in [6.07, 6.45) is 5.67. The smallest absolute Gasteiger partial charge is 0.134 e. The summed E-state index contributed by atoms with van der Waals surface area (Å²) in [5, 5.41) is 6.28.